The minimum atomic E-state index is -0.212. The molecular weight excluding hydrogens is 254 g/mol. The molecule has 0 saturated heterocycles. The van der Waals surface area contributed by atoms with Gasteiger partial charge >= 0.3 is 5.97 Å². The van der Waals surface area contributed by atoms with Crippen molar-refractivity contribution in [3.05, 3.63) is 27.4 Å². The molecule has 0 saturated carbocycles. The summed E-state index contributed by atoms with van der Waals surface area (Å²) in [6.45, 7) is 4.29. The lowest BCUT2D eigenvalue weighted by Gasteiger charge is -1.97. The van der Waals surface area contributed by atoms with Crippen LogP contribution in [0.25, 0.3) is 10.6 Å². The second-order valence-electron chi connectivity index (χ2n) is 3.54. The van der Waals surface area contributed by atoms with Gasteiger partial charge in [0.05, 0.1) is 23.6 Å². The van der Waals surface area contributed by atoms with Crippen molar-refractivity contribution in [2.24, 2.45) is 0 Å². The van der Waals surface area contributed by atoms with E-state index < -0.39 is 0 Å². The summed E-state index contributed by atoms with van der Waals surface area (Å²) in [5, 5.41) is 4.86. The molecule has 0 aliphatic rings. The van der Waals surface area contributed by atoms with Crippen LogP contribution in [0, 0.1) is 6.92 Å². The Morgan fingerprint density at radius 3 is 2.94 bits per heavy atom. The molecule has 2 aromatic heterocycles. The first-order valence-electron chi connectivity index (χ1n) is 5.35. The van der Waals surface area contributed by atoms with E-state index in [-0.39, 0.29) is 12.4 Å². The van der Waals surface area contributed by atoms with Gasteiger partial charge in [0, 0.05) is 5.38 Å². The molecule has 0 aromatic carbocycles. The van der Waals surface area contributed by atoms with E-state index in [0.29, 0.717) is 6.61 Å². The monoisotopic (exact) mass is 267 g/mol. The molecule has 0 aliphatic heterocycles. The van der Waals surface area contributed by atoms with Crippen molar-refractivity contribution in [3.8, 4) is 10.6 Å². The molecule has 0 N–H and O–H groups in total. The van der Waals surface area contributed by atoms with Crippen LogP contribution < -0.4 is 0 Å². The highest BCUT2D eigenvalue weighted by atomic mass is 32.1. The summed E-state index contributed by atoms with van der Waals surface area (Å²) in [5.41, 5.74) is 2.18. The van der Waals surface area contributed by atoms with Gasteiger partial charge < -0.3 is 4.74 Å². The Morgan fingerprint density at radius 1 is 1.47 bits per heavy atom. The number of aryl methyl sites for hydroxylation is 1. The fourth-order valence-electron chi connectivity index (χ4n) is 1.47. The number of carbonyl (C=O) groups excluding carboxylic acids is 1. The minimum Gasteiger partial charge on any atom is -0.466 e. The molecule has 0 spiro atoms. The normalized spacial score (nSPS) is 10.5. The van der Waals surface area contributed by atoms with Crippen LogP contribution in [0.1, 0.15) is 17.5 Å². The molecule has 90 valence electrons. The van der Waals surface area contributed by atoms with Gasteiger partial charge in [-0.25, -0.2) is 4.98 Å². The van der Waals surface area contributed by atoms with E-state index in [1.54, 1.807) is 18.3 Å². The maximum absolute atomic E-state index is 11.3. The second-order valence-corrected chi connectivity index (χ2v) is 5.40. The van der Waals surface area contributed by atoms with Gasteiger partial charge in [0.15, 0.2) is 0 Å². The van der Waals surface area contributed by atoms with Crippen LogP contribution in [-0.2, 0) is 16.0 Å². The SMILES string of the molecule is CCOC(=O)Cc1nc(-c2sccc2C)cs1. The summed E-state index contributed by atoms with van der Waals surface area (Å²) in [6, 6.07) is 2.07. The quantitative estimate of drug-likeness (QED) is 0.798. The van der Waals surface area contributed by atoms with Crippen LogP contribution in [-0.4, -0.2) is 17.6 Å². The first-order chi connectivity index (χ1) is 8.20. The smallest absolute Gasteiger partial charge is 0.312 e. The van der Waals surface area contributed by atoms with E-state index in [9.17, 15) is 4.79 Å². The summed E-state index contributed by atoms with van der Waals surface area (Å²) < 4.78 is 4.90. The van der Waals surface area contributed by atoms with E-state index in [0.717, 1.165) is 10.7 Å². The lowest BCUT2D eigenvalue weighted by Crippen LogP contribution is -2.07. The predicted octanol–water partition coefficient (Wildman–Crippen LogP) is 3.29. The van der Waals surface area contributed by atoms with E-state index in [1.165, 1.54) is 21.8 Å². The topological polar surface area (TPSA) is 39.2 Å². The van der Waals surface area contributed by atoms with E-state index >= 15 is 0 Å². The maximum atomic E-state index is 11.3. The highest BCUT2D eigenvalue weighted by Crippen LogP contribution is 2.29. The lowest BCUT2D eigenvalue weighted by molar-refractivity contribution is -0.142. The Labute approximate surface area is 108 Å². The number of ether oxygens (including phenoxy) is 1. The van der Waals surface area contributed by atoms with Crippen LogP contribution in [0.2, 0.25) is 0 Å². The summed E-state index contributed by atoms with van der Waals surface area (Å²) in [4.78, 5) is 17.0. The van der Waals surface area contributed by atoms with E-state index in [1.807, 2.05) is 5.38 Å². The average Bonchev–Trinajstić information content (AvgIpc) is 2.87. The van der Waals surface area contributed by atoms with Gasteiger partial charge in [-0.1, -0.05) is 0 Å². The molecular formula is C12H13NO2S2. The molecule has 3 nitrogen and oxygen atoms in total. The molecule has 0 radical (unpaired) electrons. The lowest BCUT2D eigenvalue weighted by atomic mass is 10.2. The summed E-state index contributed by atoms with van der Waals surface area (Å²) >= 11 is 3.18. The highest BCUT2D eigenvalue weighted by molar-refractivity contribution is 7.14. The zero-order valence-electron chi connectivity index (χ0n) is 9.73. The third-order valence-electron chi connectivity index (χ3n) is 2.25. The molecule has 2 heterocycles. The van der Waals surface area contributed by atoms with Crippen molar-refractivity contribution in [1.82, 2.24) is 4.98 Å². The number of rotatable bonds is 4. The van der Waals surface area contributed by atoms with Crippen molar-refractivity contribution >= 4 is 28.6 Å². The van der Waals surface area contributed by atoms with Crippen LogP contribution >= 0.6 is 22.7 Å². The van der Waals surface area contributed by atoms with Crippen LogP contribution in [0.3, 0.4) is 0 Å². The number of aromatic nitrogens is 1. The van der Waals surface area contributed by atoms with Crippen LogP contribution in [0.4, 0.5) is 0 Å². The molecule has 0 aliphatic carbocycles. The molecule has 0 amide bonds. The zero-order valence-corrected chi connectivity index (χ0v) is 11.4. The molecule has 0 atom stereocenters. The predicted molar refractivity (Wildman–Crippen MR) is 70.5 cm³/mol. The van der Waals surface area contributed by atoms with Crippen LogP contribution in [0.5, 0.6) is 0 Å². The first kappa shape index (κ1) is 12.3. The van der Waals surface area contributed by atoms with Crippen LogP contribution in [0.15, 0.2) is 16.8 Å². The van der Waals surface area contributed by atoms with Crippen molar-refractivity contribution in [1.29, 1.82) is 0 Å². The molecule has 2 rings (SSSR count). The zero-order chi connectivity index (χ0) is 12.3. The molecule has 0 bridgehead atoms. The van der Waals surface area contributed by atoms with Gasteiger partial charge in [0.2, 0.25) is 0 Å². The number of carbonyl (C=O) groups is 1. The first-order valence-corrected chi connectivity index (χ1v) is 7.11. The van der Waals surface area contributed by atoms with Crippen molar-refractivity contribution < 1.29 is 9.53 Å². The summed E-state index contributed by atoms with van der Waals surface area (Å²) in [7, 11) is 0. The van der Waals surface area contributed by atoms with Gasteiger partial charge in [-0.15, -0.1) is 22.7 Å². The summed E-state index contributed by atoms with van der Waals surface area (Å²) in [6.07, 6.45) is 0.267. The number of nitrogens with zero attached hydrogens (tertiary/aromatic N) is 1. The van der Waals surface area contributed by atoms with Gasteiger partial charge in [-0.05, 0) is 30.9 Å². The van der Waals surface area contributed by atoms with Gasteiger partial charge in [0.25, 0.3) is 0 Å². The fraction of sp³-hybridized carbons (Fsp3) is 0.333. The summed E-state index contributed by atoms with van der Waals surface area (Å²) in [5.74, 6) is -0.212. The Hall–Kier alpha value is -1.20. The molecule has 17 heavy (non-hydrogen) atoms. The minimum absolute atomic E-state index is 0.212. The number of thiophene rings is 1. The number of thiazole rings is 1. The third kappa shape index (κ3) is 2.92. The van der Waals surface area contributed by atoms with Gasteiger partial charge in [-0.3, -0.25) is 4.79 Å². The standard InChI is InChI=1S/C12H13NO2S2/c1-3-15-11(14)6-10-13-9(7-17-10)12-8(2)4-5-16-12/h4-5,7H,3,6H2,1-2H3. The Balaban J connectivity index is 2.11. The number of hydrogen-bond donors (Lipinski definition) is 0. The number of hydrogen-bond acceptors (Lipinski definition) is 5. The average molecular weight is 267 g/mol. The Kier molecular flexibility index (Phi) is 3.91. The fourth-order valence-corrected chi connectivity index (χ4v) is 3.20. The van der Waals surface area contributed by atoms with Gasteiger partial charge in [0.1, 0.15) is 5.01 Å². The van der Waals surface area contributed by atoms with Crippen molar-refractivity contribution in [3.63, 3.8) is 0 Å². The Bertz CT molecular complexity index is 516. The second kappa shape index (κ2) is 5.42. The van der Waals surface area contributed by atoms with E-state index in [4.69, 9.17) is 4.74 Å². The van der Waals surface area contributed by atoms with Crippen molar-refractivity contribution in [2.75, 3.05) is 6.61 Å². The molecule has 2 aromatic rings. The highest BCUT2D eigenvalue weighted by Gasteiger charge is 2.11. The number of esters is 1. The largest absolute Gasteiger partial charge is 0.466 e. The maximum Gasteiger partial charge on any atom is 0.312 e. The third-order valence-corrected chi connectivity index (χ3v) is 4.14. The molecule has 0 unspecified atom stereocenters. The molecule has 0 fully saturated rings. The van der Waals surface area contributed by atoms with Gasteiger partial charge in [-0.2, -0.15) is 0 Å². The van der Waals surface area contributed by atoms with E-state index in [2.05, 4.69) is 23.4 Å². The molecule has 5 heteroatoms. The Morgan fingerprint density at radius 2 is 2.29 bits per heavy atom. The van der Waals surface area contributed by atoms with Crippen molar-refractivity contribution in [2.45, 2.75) is 20.3 Å².